The molecule has 0 spiro atoms. The van der Waals surface area contributed by atoms with E-state index in [1.165, 1.54) is 0 Å². The van der Waals surface area contributed by atoms with Crippen LogP contribution in [-0.2, 0) is 38.4 Å². The molecule has 4 aliphatic rings. The number of hydrogen-bond acceptors (Lipinski definition) is 15. The van der Waals surface area contributed by atoms with Crippen molar-refractivity contribution in [3.05, 3.63) is 218 Å². The molecule has 0 amide bonds. The fourth-order valence-corrected chi connectivity index (χ4v) is 8.69. The van der Waals surface area contributed by atoms with E-state index < -0.39 is 23.9 Å². The van der Waals surface area contributed by atoms with E-state index in [4.69, 9.17) is 61.8 Å². The van der Waals surface area contributed by atoms with Gasteiger partial charge in [-0.1, -0.05) is 72.8 Å². The number of aliphatic imine (C=N–C) groups is 3. The van der Waals surface area contributed by atoms with Gasteiger partial charge in [-0.3, -0.25) is 0 Å². The van der Waals surface area contributed by atoms with Crippen molar-refractivity contribution in [2.24, 2.45) is 37.9 Å². The van der Waals surface area contributed by atoms with Crippen molar-refractivity contribution in [3.8, 4) is 0 Å². The molecule has 4 aromatic carbocycles. The first-order valence-electron chi connectivity index (χ1n) is 25.1. The van der Waals surface area contributed by atoms with Gasteiger partial charge in [0.2, 0.25) is 0 Å². The largest absolute Gasteiger partial charge is 2.00 e. The van der Waals surface area contributed by atoms with E-state index in [0.29, 0.717) is 142 Å². The molecule has 0 aliphatic carbocycles. The molecule has 8 bridgehead atoms. The Balaban J connectivity index is 0.00000784. The van der Waals surface area contributed by atoms with Gasteiger partial charge in [0.1, 0.15) is 0 Å². The summed E-state index contributed by atoms with van der Waals surface area (Å²) in [5.41, 5.74) is 33.2. The van der Waals surface area contributed by atoms with Gasteiger partial charge in [0.05, 0.1) is 76.7 Å². The fourth-order valence-electron chi connectivity index (χ4n) is 8.69. The molecule has 5 heterocycles. The molecule has 16 nitrogen and oxygen atoms in total. The van der Waals surface area contributed by atoms with Crippen LogP contribution in [0.1, 0.15) is 84.8 Å². The second-order valence-corrected chi connectivity index (χ2v) is 17.8. The molecule has 77 heavy (non-hydrogen) atoms. The second-order valence-electron chi connectivity index (χ2n) is 17.8. The normalized spacial score (nSPS) is 14.3. The SMILES string of the molecule is NCCCOC(=O)c1ccc(C2=C3C=CC(=N3)C(c3ccc(C(=O)OCCCN)cc3)=C3C=CC(=N3)C(=c3ccc(=C([O-])OCCCN)cc3)c3ccc([n-]3)C(c3ccc(C(=O)OCCCN)cc3)=C3C=CC2=N3)cc1.[Zn+2]. The zero-order chi connectivity index (χ0) is 53.0. The summed E-state index contributed by atoms with van der Waals surface area (Å²) in [6.45, 7) is 2.41. The van der Waals surface area contributed by atoms with Crippen molar-refractivity contribution in [1.29, 1.82) is 0 Å². The molecule has 4 aliphatic heterocycles. The first kappa shape index (κ1) is 55.1. The summed E-state index contributed by atoms with van der Waals surface area (Å²) in [6.07, 6.45) is 13.7. The number of esters is 3. The van der Waals surface area contributed by atoms with Gasteiger partial charge in [0.25, 0.3) is 0 Å². The van der Waals surface area contributed by atoms with Gasteiger partial charge in [-0.05, 0) is 170 Å². The Kier molecular flexibility index (Phi) is 18.6. The Hall–Kier alpha value is -8.18. The van der Waals surface area contributed by atoms with Crippen molar-refractivity contribution in [2.75, 3.05) is 52.6 Å². The molecule has 0 saturated carbocycles. The molecular formula is C60H56N8O8Zn. The second kappa shape index (κ2) is 26.1. The number of nitrogens with two attached hydrogens (primary N) is 4. The van der Waals surface area contributed by atoms with Crippen molar-refractivity contribution < 1.29 is 57.9 Å². The number of allylic oxidation sites excluding steroid dienone is 8. The predicted octanol–water partition coefficient (Wildman–Crippen LogP) is 4.78. The third kappa shape index (κ3) is 12.7. The number of rotatable bonds is 19. The van der Waals surface area contributed by atoms with Crippen LogP contribution in [0.4, 0.5) is 0 Å². The molecular weight excluding hydrogens is 1030 g/mol. The van der Waals surface area contributed by atoms with Crippen molar-refractivity contribution >= 4 is 63.3 Å². The smallest absolute Gasteiger partial charge is 0.657 e. The van der Waals surface area contributed by atoms with Gasteiger partial charge in [0.15, 0.2) is 0 Å². The molecule has 9 rings (SSSR count). The van der Waals surface area contributed by atoms with Gasteiger partial charge >= 0.3 is 37.4 Å². The summed E-state index contributed by atoms with van der Waals surface area (Å²) in [4.78, 5) is 60.4. The van der Waals surface area contributed by atoms with Gasteiger partial charge < -0.3 is 52.0 Å². The summed E-state index contributed by atoms with van der Waals surface area (Å²) < 4.78 is 21.8. The summed E-state index contributed by atoms with van der Waals surface area (Å²) in [5.74, 6) is -1.86. The van der Waals surface area contributed by atoms with E-state index in [1.807, 2.05) is 97.1 Å². The Morgan fingerprint density at radius 3 is 1.14 bits per heavy atom. The summed E-state index contributed by atoms with van der Waals surface area (Å²) in [6, 6.07) is 32.2. The van der Waals surface area contributed by atoms with E-state index in [-0.39, 0.29) is 45.9 Å². The van der Waals surface area contributed by atoms with E-state index >= 15 is 0 Å². The average molecular weight is 1080 g/mol. The number of fused-ring (bicyclic) bond motifs is 5. The Morgan fingerprint density at radius 1 is 0.416 bits per heavy atom. The topological polar surface area (TPSA) is 266 Å². The zero-order valence-electron chi connectivity index (χ0n) is 42.4. The third-order valence-electron chi connectivity index (χ3n) is 12.6. The minimum atomic E-state index is -0.465. The molecule has 386 valence electrons. The zero-order valence-corrected chi connectivity index (χ0v) is 45.4. The monoisotopic (exact) mass is 1080 g/mol. The van der Waals surface area contributed by atoms with Crippen LogP contribution in [0.2, 0.25) is 0 Å². The van der Waals surface area contributed by atoms with Crippen molar-refractivity contribution in [1.82, 2.24) is 4.98 Å². The van der Waals surface area contributed by atoms with Crippen LogP contribution in [0, 0.1) is 0 Å². The summed E-state index contributed by atoms with van der Waals surface area (Å²) in [5, 5.41) is 14.1. The molecule has 0 radical (unpaired) electrons. The third-order valence-corrected chi connectivity index (χ3v) is 12.6. The summed E-state index contributed by atoms with van der Waals surface area (Å²) >= 11 is 0. The van der Waals surface area contributed by atoms with Crippen LogP contribution in [-0.4, -0.2) is 87.6 Å². The number of nitrogens with zero attached hydrogens (tertiary/aromatic N) is 4. The maximum atomic E-state index is 13.0. The molecule has 1 aromatic heterocycles. The molecule has 8 N–H and O–H groups in total. The standard InChI is InChI=1S/C60H58N8O8.Zn/c61-29-1-33-73-57(69)41-13-5-37(6-14-41)53-45-21-23-47(65-45)54(38-7-15-42(16-8-38)58(70)74-34-2-30-62)49-25-27-51(67-49)56(40-11-19-44(20-12-40)60(72)76-36-4-32-64)52-28-26-50(68-52)55(48-24-22-46(53)66-48)39-9-17-43(18-10-39)59(71)75-35-3-31-63;/h5-28H,1-4,29-36,61-64H2,(H2,65,66,67,68,69,70,71,72);/q;+2/p-2. The molecule has 0 unspecified atom stereocenters. The minimum absolute atomic E-state index is 0. The van der Waals surface area contributed by atoms with Crippen LogP contribution in [0.3, 0.4) is 0 Å². The number of hydrogen-bond donors (Lipinski definition) is 4. The Morgan fingerprint density at radius 2 is 0.753 bits per heavy atom. The average Bonchev–Trinajstić information content (AvgIpc) is 4.35. The fraction of sp³-hybridized carbons (Fsp3) is 0.200. The number of ether oxygens (including phenoxy) is 4. The van der Waals surface area contributed by atoms with Crippen molar-refractivity contribution in [3.63, 3.8) is 0 Å². The minimum Gasteiger partial charge on any atom is -0.657 e. The molecule has 17 heteroatoms. The number of benzene rings is 4. The van der Waals surface area contributed by atoms with Crippen LogP contribution in [0.5, 0.6) is 0 Å². The quantitative estimate of drug-likeness (QED) is 0.0376. The van der Waals surface area contributed by atoms with E-state index in [9.17, 15) is 19.5 Å². The van der Waals surface area contributed by atoms with Crippen LogP contribution in [0.15, 0.2) is 178 Å². The summed E-state index contributed by atoms with van der Waals surface area (Å²) in [7, 11) is 0. The molecule has 5 aromatic rings. The van der Waals surface area contributed by atoms with E-state index in [0.717, 1.165) is 21.9 Å². The van der Waals surface area contributed by atoms with Gasteiger partial charge in [0, 0.05) is 11.1 Å². The number of carbonyl (C=O) groups is 3. The van der Waals surface area contributed by atoms with E-state index in [2.05, 4.69) is 0 Å². The maximum absolute atomic E-state index is 13.0. The van der Waals surface area contributed by atoms with Gasteiger partial charge in [-0.15, -0.1) is 11.4 Å². The van der Waals surface area contributed by atoms with Crippen LogP contribution < -0.4 is 43.5 Å². The van der Waals surface area contributed by atoms with Crippen LogP contribution in [0.25, 0.3) is 28.2 Å². The number of carbonyl (C=O) groups excluding carboxylic acids is 3. The first-order valence-corrected chi connectivity index (χ1v) is 25.1. The Labute approximate surface area is 458 Å². The maximum Gasteiger partial charge on any atom is 2.00 e. The molecule has 0 fully saturated rings. The van der Waals surface area contributed by atoms with Gasteiger partial charge in [-0.2, -0.15) is 0 Å². The number of aromatic nitrogens is 1. The van der Waals surface area contributed by atoms with E-state index in [1.54, 1.807) is 48.5 Å². The molecule has 0 atom stereocenters. The first-order chi connectivity index (χ1) is 37.2. The molecule has 0 saturated heterocycles. The predicted molar refractivity (Wildman–Crippen MR) is 292 cm³/mol. The van der Waals surface area contributed by atoms with Crippen molar-refractivity contribution in [2.45, 2.75) is 25.7 Å². The van der Waals surface area contributed by atoms with Crippen LogP contribution >= 0.6 is 0 Å². The Bertz CT molecular complexity index is 3450. The van der Waals surface area contributed by atoms with Gasteiger partial charge in [-0.25, -0.2) is 29.4 Å².